The van der Waals surface area contributed by atoms with E-state index in [0.29, 0.717) is 10.6 Å². The fraction of sp³-hybridized carbons (Fsp3) is 0.263. The third-order valence-corrected chi connectivity index (χ3v) is 5.17. The summed E-state index contributed by atoms with van der Waals surface area (Å²) in [5.74, 6) is 0.270. The van der Waals surface area contributed by atoms with Crippen LogP contribution in [-0.4, -0.2) is 25.0 Å². The fourth-order valence-corrected chi connectivity index (χ4v) is 3.43. The summed E-state index contributed by atoms with van der Waals surface area (Å²) in [4.78, 5) is 18.5. The molecule has 6 heteroatoms. The zero-order chi connectivity index (χ0) is 17.8. The number of oxime groups is 1. The minimum atomic E-state index is -0.547. The van der Waals surface area contributed by atoms with Gasteiger partial charge in [-0.25, -0.2) is 4.79 Å². The highest BCUT2D eigenvalue weighted by molar-refractivity contribution is 7.98. The molecule has 25 heavy (non-hydrogen) atoms. The number of carbonyl (C=O) groups excluding carboxylic acids is 1. The zero-order valence-electron chi connectivity index (χ0n) is 14.0. The van der Waals surface area contributed by atoms with Crippen LogP contribution in [0.25, 0.3) is 0 Å². The van der Waals surface area contributed by atoms with E-state index in [9.17, 15) is 4.79 Å². The Morgan fingerprint density at radius 3 is 2.80 bits per heavy atom. The van der Waals surface area contributed by atoms with Gasteiger partial charge in [-0.2, -0.15) is 0 Å². The number of nitrogens with zero attached hydrogens (tertiary/aromatic N) is 1. The Labute approximate surface area is 156 Å². The topological polar surface area (TPSA) is 47.9 Å². The highest BCUT2D eigenvalue weighted by atomic mass is 35.5. The van der Waals surface area contributed by atoms with E-state index < -0.39 is 5.97 Å². The number of hydrogen-bond donors (Lipinski definition) is 0. The molecule has 0 amide bonds. The molecule has 2 aromatic carbocycles. The van der Waals surface area contributed by atoms with Crippen molar-refractivity contribution in [1.29, 1.82) is 0 Å². The van der Waals surface area contributed by atoms with Crippen LogP contribution in [0, 0.1) is 0 Å². The molecule has 0 unspecified atom stereocenters. The first-order valence-corrected chi connectivity index (χ1v) is 9.51. The van der Waals surface area contributed by atoms with Gasteiger partial charge in [-0.15, -0.1) is 11.8 Å². The Hall–Kier alpha value is -1.98. The Bertz CT molecular complexity index is 835. The quantitative estimate of drug-likeness (QED) is 0.430. The van der Waals surface area contributed by atoms with Gasteiger partial charge in [0.2, 0.25) is 0 Å². The third-order valence-electron chi connectivity index (χ3n) is 4.12. The van der Waals surface area contributed by atoms with Gasteiger partial charge in [0.05, 0.1) is 23.4 Å². The first kappa shape index (κ1) is 17.8. The maximum atomic E-state index is 12.3. The SMILES string of the molecule is COc1ccc2c(c1)CCC/C2=N\OC(=O)c1cc(SC)ccc1Cl. The summed E-state index contributed by atoms with van der Waals surface area (Å²) < 4.78 is 5.26. The lowest BCUT2D eigenvalue weighted by Crippen LogP contribution is -2.14. The minimum Gasteiger partial charge on any atom is -0.497 e. The molecule has 3 rings (SSSR count). The van der Waals surface area contributed by atoms with Crippen LogP contribution in [0.1, 0.15) is 34.3 Å². The number of hydrogen-bond acceptors (Lipinski definition) is 5. The first-order chi connectivity index (χ1) is 12.1. The van der Waals surface area contributed by atoms with Crippen LogP contribution in [0.5, 0.6) is 5.75 Å². The van der Waals surface area contributed by atoms with Crippen LogP contribution in [0.3, 0.4) is 0 Å². The molecule has 0 saturated heterocycles. The van der Waals surface area contributed by atoms with Crippen LogP contribution < -0.4 is 4.74 Å². The largest absolute Gasteiger partial charge is 0.497 e. The molecule has 0 aliphatic heterocycles. The van der Waals surface area contributed by atoms with Crippen LogP contribution >= 0.6 is 23.4 Å². The van der Waals surface area contributed by atoms with Crippen molar-refractivity contribution in [3.63, 3.8) is 0 Å². The second-order valence-electron chi connectivity index (χ2n) is 5.64. The van der Waals surface area contributed by atoms with E-state index >= 15 is 0 Å². The summed E-state index contributed by atoms with van der Waals surface area (Å²) in [6, 6.07) is 11.1. The minimum absolute atomic E-state index is 0.323. The van der Waals surface area contributed by atoms with Gasteiger partial charge in [0.15, 0.2) is 0 Å². The summed E-state index contributed by atoms with van der Waals surface area (Å²) in [5, 5.41) is 4.47. The van der Waals surface area contributed by atoms with E-state index in [-0.39, 0.29) is 0 Å². The zero-order valence-corrected chi connectivity index (χ0v) is 15.6. The average molecular weight is 376 g/mol. The highest BCUT2D eigenvalue weighted by Crippen LogP contribution is 2.27. The summed E-state index contributed by atoms with van der Waals surface area (Å²) in [7, 11) is 1.65. The standard InChI is InChI=1S/C19H18ClNO3S/c1-23-13-6-8-15-12(10-13)4-3-5-18(15)21-24-19(22)16-11-14(25-2)7-9-17(16)20/h6-11H,3-5H2,1-2H3/b21-18+. The van der Waals surface area contributed by atoms with E-state index in [1.54, 1.807) is 19.2 Å². The van der Waals surface area contributed by atoms with E-state index in [1.807, 2.05) is 30.5 Å². The number of aryl methyl sites for hydroxylation is 1. The lowest BCUT2D eigenvalue weighted by atomic mass is 9.90. The molecule has 1 aliphatic rings. The molecule has 130 valence electrons. The summed E-state index contributed by atoms with van der Waals surface area (Å²) in [6.45, 7) is 0. The number of halogens is 1. The fourth-order valence-electron chi connectivity index (χ4n) is 2.79. The molecule has 0 N–H and O–H groups in total. The number of fused-ring (bicyclic) bond motifs is 1. The van der Waals surface area contributed by atoms with Gasteiger partial charge < -0.3 is 9.57 Å². The Balaban J connectivity index is 1.82. The van der Waals surface area contributed by atoms with Crippen molar-refractivity contribution in [2.45, 2.75) is 24.2 Å². The molecule has 2 aromatic rings. The maximum absolute atomic E-state index is 12.3. The maximum Gasteiger partial charge on any atom is 0.367 e. The molecule has 0 aromatic heterocycles. The van der Waals surface area contributed by atoms with Crippen LogP contribution in [0.15, 0.2) is 46.4 Å². The Kier molecular flexibility index (Phi) is 5.66. The normalized spacial score (nSPS) is 14.9. The first-order valence-electron chi connectivity index (χ1n) is 7.91. The summed E-state index contributed by atoms with van der Waals surface area (Å²) in [5.41, 5.74) is 3.25. The number of ether oxygens (including phenoxy) is 1. The predicted octanol–water partition coefficient (Wildman–Crippen LogP) is 4.97. The molecule has 0 fully saturated rings. The van der Waals surface area contributed by atoms with Crippen molar-refractivity contribution in [3.8, 4) is 5.75 Å². The number of benzene rings is 2. The molecule has 0 radical (unpaired) electrons. The van der Waals surface area contributed by atoms with Gasteiger partial charge in [-0.05, 0) is 67.5 Å². The summed E-state index contributed by atoms with van der Waals surface area (Å²) in [6.07, 6.45) is 4.62. The Morgan fingerprint density at radius 1 is 1.20 bits per heavy atom. The van der Waals surface area contributed by atoms with Gasteiger partial charge in [0.1, 0.15) is 5.75 Å². The van der Waals surface area contributed by atoms with E-state index in [0.717, 1.165) is 46.7 Å². The average Bonchev–Trinajstić information content (AvgIpc) is 2.65. The molecule has 0 spiro atoms. The highest BCUT2D eigenvalue weighted by Gasteiger charge is 2.19. The lowest BCUT2D eigenvalue weighted by molar-refractivity contribution is 0.0515. The smallest absolute Gasteiger partial charge is 0.367 e. The van der Waals surface area contributed by atoms with Crippen LogP contribution in [0.2, 0.25) is 5.02 Å². The molecule has 1 aliphatic carbocycles. The number of carbonyl (C=O) groups is 1. The van der Waals surface area contributed by atoms with Crippen molar-refractivity contribution in [1.82, 2.24) is 0 Å². The van der Waals surface area contributed by atoms with Gasteiger partial charge in [-0.1, -0.05) is 16.8 Å². The molecule has 0 atom stereocenters. The number of methoxy groups -OCH3 is 1. The molecule has 0 heterocycles. The summed E-state index contributed by atoms with van der Waals surface area (Å²) >= 11 is 7.65. The van der Waals surface area contributed by atoms with Crippen molar-refractivity contribution in [2.75, 3.05) is 13.4 Å². The predicted molar refractivity (Wildman–Crippen MR) is 101 cm³/mol. The molecule has 4 nitrogen and oxygen atoms in total. The van der Waals surface area contributed by atoms with Crippen molar-refractivity contribution < 1.29 is 14.4 Å². The molecular formula is C19H18ClNO3S. The van der Waals surface area contributed by atoms with Gasteiger partial charge in [0, 0.05) is 10.5 Å². The number of rotatable bonds is 4. The molecular weight excluding hydrogens is 358 g/mol. The van der Waals surface area contributed by atoms with Crippen LogP contribution in [-0.2, 0) is 11.3 Å². The van der Waals surface area contributed by atoms with Gasteiger partial charge in [-0.3, -0.25) is 0 Å². The van der Waals surface area contributed by atoms with Crippen molar-refractivity contribution in [2.24, 2.45) is 5.16 Å². The van der Waals surface area contributed by atoms with Gasteiger partial charge >= 0.3 is 5.97 Å². The lowest BCUT2D eigenvalue weighted by Gasteiger charge is -2.18. The van der Waals surface area contributed by atoms with E-state index in [4.69, 9.17) is 21.2 Å². The third kappa shape index (κ3) is 3.99. The molecule has 0 bridgehead atoms. The molecule has 0 saturated carbocycles. The monoisotopic (exact) mass is 375 g/mol. The van der Waals surface area contributed by atoms with Gasteiger partial charge in [0.25, 0.3) is 0 Å². The second-order valence-corrected chi connectivity index (χ2v) is 6.93. The van der Waals surface area contributed by atoms with E-state index in [1.165, 1.54) is 11.8 Å². The Morgan fingerprint density at radius 2 is 2.04 bits per heavy atom. The van der Waals surface area contributed by atoms with Crippen molar-refractivity contribution >= 4 is 35.0 Å². The van der Waals surface area contributed by atoms with Crippen molar-refractivity contribution in [3.05, 3.63) is 58.1 Å². The van der Waals surface area contributed by atoms with Crippen LogP contribution in [0.4, 0.5) is 0 Å². The second kappa shape index (κ2) is 7.93. The van der Waals surface area contributed by atoms with E-state index in [2.05, 4.69) is 5.16 Å². The number of thioether (sulfide) groups is 1.